The summed E-state index contributed by atoms with van der Waals surface area (Å²) in [5.41, 5.74) is 5.59. The normalized spacial score (nSPS) is 10.1. The molecule has 6 nitrogen and oxygen atoms in total. The Morgan fingerprint density at radius 2 is 2.28 bits per heavy atom. The second-order valence-corrected chi connectivity index (χ2v) is 4.19. The van der Waals surface area contributed by atoms with Crippen LogP contribution in [0.2, 0.25) is 0 Å². The van der Waals surface area contributed by atoms with Gasteiger partial charge in [0.25, 0.3) is 5.91 Å². The molecule has 0 bridgehead atoms. The Morgan fingerprint density at radius 3 is 2.94 bits per heavy atom. The number of anilines is 1. The number of hydrogen-bond acceptors (Lipinski definition) is 6. The van der Waals surface area contributed by atoms with Crippen molar-refractivity contribution in [1.29, 1.82) is 0 Å². The van der Waals surface area contributed by atoms with Gasteiger partial charge in [0.05, 0.1) is 18.8 Å². The fraction of sp³-hybridized carbons (Fsp3) is 0.455. The third kappa shape index (κ3) is 4.44. The van der Waals surface area contributed by atoms with E-state index in [1.54, 1.807) is 18.4 Å². The molecule has 1 aromatic heterocycles. The van der Waals surface area contributed by atoms with Gasteiger partial charge in [0, 0.05) is 6.54 Å². The lowest BCUT2D eigenvalue weighted by atomic mass is 10.3. The Morgan fingerprint density at radius 1 is 1.50 bits per heavy atom. The lowest BCUT2D eigenvalue weighted by Crippen LogP contribution is -2.21. The van der Waals surface area contributed by atoms with Crippen LogP contribution in [0, 0.1) is 0 Å². The maximum absolute atomic E-state index is 11.6. The number of thiophene rings is 1. The van der Waals surface area contributed by atoms with Crippen LogP contribution >= 0.6 is 11.3 Å². The number of rotatable bonds is 7. The van der Waals surface area contributed by atoms with E-state index < -0.39 is 5.97 Å². The number of nitrogens with two attached hydrogens (primary N) is 1. The molecule has 0 aliphatic carbocycles. The minimum absolute atomic E-state index is 0.0859. The average Bonchev–Trinajstić information content (AvgIpc) is 2.78. The molecule has 18 heavy (non-hydrogen) atoms. The zero-order valence-electron chi connectivity index (χ0n) is 10.1. The maximum Gasteiger partial charge on any atom is 0.341 e. The fourth-order valence-corrected chi connectivity index (χ4v) is 1.98. The van der Waals surface area contributed by atoms with E-state index in [1.165, 1.54) is 11.3 Å². The minimum Gasteiger partial charge on any atom is -0.462 e. The molecule has 0 atom stereocenters. The number of nitrogens with one attached hydrogen (secondary N) is 1. The number of hydrogen-bond donors (Lipinski definition) is 2. The molecule has 0 aliphatic rings. The average molecular weight is 272 g/mol. The van der Waals surface area contributed by atoms with E-state index in [2.05, 4.69) is 5.32 Å². The van der Waals surface area contributed by atoms with Crippen molar-refractivity contribution in [1.82, 2.24) is 0 Å². The third-order valence-electron chi connectivity index (χ3n) is 1.91. The van der Waals surface area contributed by atoms with E-state index in [9.17, 15) is 9.59 Å². The van der Waals surface area contributed by atoms with Crippen molar-refractivity contribution in [3.05, 3.63) is 17.0 Å². The van der Waals surface area contributed by atoms with Crippen molar-refractivity contribution < 1.29 is 19.1 Å². The largest absolute Gasteiger partial charge is 0.462 e. The predicted octanol–water partition coefficient (Wildman–Crippen LogP) is 0.839. The smallest absolute Gasteiger partial charge is 0.341 e. The van der Waals surface area contributed by atoms with Gasteiger partial charge in [0.2, 0.25) is 0 Å². The first-order valence-electron chi connectivity index (χ1n) is 5.51. The molecular weight excluding hydrogens is 256 g/mol. The van der Waals surface area contributed by atoms with Gasteiger partial charge in [-0.2, -0.15) is 0 Å². The topological polar surface area (TPSA) is 90.6 Å². The van der Waals surface area contributed by atoms with E-state index in [0.29, 0.717) is 30.3 Å². The number of ether oxygens (including phenoxy) is 2. The highest BCUT2D eigenvalue weighted by molar-refractivity contribution is 7.14. The molecule has 1 rings (SSSR count). The molecule has 0 spiro atoms. The zero-order chi connectivity index (χ0) is 13.4. The predicted molar refractivity (Wildman–Crippen MR) is 68.8 cm³/mol. The molecule has 7 heteroatoms. The quantitative estimate of drug-likeness (QED) is 0.567. The van der Waals surface area contributed by atoms with Gasteiger partial charge in [-0.15, -0.1) is 11.3 Å². The Labute approximate surface area is 109 Å². The summed E-state index contributed by atoms with van der Waals surface area (Å²) in [4.78, 5) is 23.0. The number of amides is 1. The lowest BCUT2D eigenvalue weighted by Gasteiger charge is -2.06. The monoisotopic (exact) mass is 272 g/mol. The van der Waals surface area contributed by atoms with Crippen molar-refractivity contribution >= 4 is 28.2 Å². The molecule has 1 aromatic rings. The summed E-state index contributed by atoms with van der Waals surface area (Å²) in [6, 6.07) is 1.61. The summed E-state index contributed by atoms with van der Waals surface area (Å²) in [7, 11) is 0. The molecule has 0 saturated carbocycles. The first-order valence-corrected chi connectivity index (χ1v) is 6.39. The van der Waals surface area contributed by atoms with Crippen molar-refractivity contribution in [3.8, 4) is 0 Å². The van der Waals surface area contributed by atoms with Crippen molar-refractivity contribution in [2.75, 3.05) is 31.7 Å². The molecule has 1 amide bonds. The van der Waals surface area contributed by atoms with Crippen LogP contribution < -0.4 is 11.1 Å². The van der Waals surface area contributed by atoms with E-state index in [4.69, 9.17) is 15.2 Å². The number of carbonyl (C=O) groups excluding carboxylic acids is 2. The molecule has 0 aromatic carbocycles. The molecule has 3 N–H and O–H groups in total. The highest BCUT2D eigenvalue weighted by Gasteiger charge is 2.15. The van der Waals surface area contributed by atoms with Gasteiger partial charge in [0.15, 0.2) is 0 Å². The molecule has 0 aliphatic heterocycles. The number of carbonyl (C=O) groups is 2. The van der Waals surface area contributed by atoms with Gasteiger partial charge in [-0.3, -0.25) is 4.79 Å². The molecule has 1 heterocycles. The van der Waals surface area contributed by atoms with Gasteiger partial charge < -0.3 is 20.5 Å². The number of esters is 1. The van der Waals surface area contributed by atoms with Crippen LogP contribution in [0.15, 0.2) is 11.4 Å². The van der Waals surface area contributed by atoms with Crippen LogP contribution in [0.4, 0.5) is 5.00 Å². The molecule has 0 radical (unpaired) electrons. The summed E-state index contributed by atoms with van der Waals surface area (Å²) in [5.74, 6) is -0.770. The first-order chi connectivity index (χ1) is 8.69. The van der Waals surface area contributed by atoms with Gasteiger partial charge in [-0.1, -0.05) is 0 Å². The van der Waals surface area contributed by atoms with Crippen LogP contribution in [0.5, 0.6) is 0 Å². The van der Waals surface area contributed by atoms with Crippen LogP contribution in [0.1, 0.15) is 17.3 Å². The molecule has 100 valence electrons. The summed E-state index contributed by atoms with van der Waals surface area (Å²) < 4.78 is 9.87. The van der Waals surface area contributed by atoms with Gasteiger partial charge in [-0.05, 0) is 18.4 Å². The van der Waals surface area contributed by atoms with Crippen LogP contribution in [-0.4, -0.2) is 38.2 Å². The fourth-order valence-electron chi connectivity index (χ4n) is 1.19. The summed E-state index contributed by atoms with van der Waals surface area (Å²) in [6.45, 7) is 2.62. The van der Waals surface area contributed by atoms with E-state index in [-0.39, 0.29) is 12.5 Å². The molecule has 0 unspecified atom stereocenters. The second-order valence-electron chi connectivity index (χ2n) is 3.27. The third-order valence-corrected chi connectivity index (χ3v) is 2.74. The van der Waals surface area contributed by atoms with Gasteiger partial charge in [-0.25, -0.2) is 4.79 Å². The van der Waals surface area contributed by atoms with Crippen molar-refractivity contribution in [3.63, 3.8) is 0 Å². The Kier molecular flexibility index (Phi) is 6.34. The van der Waals surface area contributed by atoms with E-state index >= 15 is 0 Å². The highest BCUT2D eigenvalue weighted by Crippen LogP contribution is 2.23. The SMILES string of the molecule is CCOC(=O)c1ccsc1NC(=O)COCCN. The van der Waals surface area contributed by atoms with Crippen LogP contribution in [-0.2, 0) is 14.3 Å². The molecular formula is C11H16N2O4S. The minimum atomic E-state index is -0.447. The summed E-state index contributed by atoms with van der Waals surface area (Å²) in [5, 5.41) is 4.78. The maximum atomic E-state index is 11.6. The van der Waals surface area contributed by atoms with E-state index in [1.807, 2.05) is 0 Å². The Balaban J connectivity index is 2.54. The van der Waals surface area contributed by atoms with Crippen LogP contribution in [0.25, 0.3) is 0 Å². The van der Waals surface area contributed by atoms with Crippen LogP contribution in [0.3, 0.4) is 0 Å². The Hall–Kier alpha value is -1.44. The summed E-state index contributed by atoms with van der Waals surface area (Å²) in [6.07, 6.45) is 0. The van der Waals surface area contributed by atoms with E-state index in [0.717, 1.165) is 0 Å². The zero-order valence-corrected chi connectivity index (χ0v) is 10.9. The molecule has 0 saturated heterocycles. The lowest BCUT2D eigenvalue weighted by molar-refractivity contribution is -0.120. The standard InChI is InChI=1S/C11H16N2O4S/c1-2-17-11(15)8-3-6-18-10(8)13-9(14)7-16-5-4-12/h3,6H,2,4-5,7,12H2,1H3,(H,13,14). The first kappa shape index (κ1) is 14.6. The molecule has 0 fully saturated rings. The Bertz CT molecular complexity index is 406. The van der Waals surface area contributed by atoms with Crippen molar-refractivity contribution in [2.24, 2.45) is 5.73 Å². The van der Waals surface area contributed by atoms with Crippen molar-refractivity contribution in [2.45, 2.75) is 6.92 Å². The van der Waals surface area contributed by atoms with Gasteiger partial charge >= 0.3 is 5.97 Å². The second kappa shape index (κ2) is 7.80. The highest BCUT2D eigenvalue weighted by atomic mass is 32.1. The summed E-state index contributed by atoms with van der Waals surface area (Å²) >= 11 is 1.26. The van der Waals surface area contributed by atoms with Gasteiger partial charge in [0.1, 0.15) is 11.6 Å².